The highest BCUT2D eigenvalue weighted by Crippen LogP contribution is 2.33. The van der Waals surface area contributed by atoms with Crippen LogP contribution in [0.5, 0.6) is 0 Å². The lowest BCUT2D eigenvalue weighted by Crippen LogP contribution is -2.36. The monoisotopic (exact) mass is 265 g/mol. The molecule has 3 rings (SSSR count). The zero-order valence-electron chi connectivity index (χ0n) is 12.2. The third-order valence-corrected chi connectivity index (χ3v) is 4.05. The molecule has 2 heteroatoms. The predicted octanol–water partition coefficient (Wildman–Crippen LogP) is 3.89. The van der Waals surface area contributed by atoms with Crippen LogP contribution in [0.15, 0.2) is 42.5 Å². The lowest BCUT2D eigenvalue weighted by atomic mass is 10.0. The Kier molecular flexibility index (Phi) is 3.09. The van der Waals surface area contributed by atoms with Crippen LogP contribution < -0.4 is 4.90 Å². The molecule has 1 aliphatic heterocycles. The number of amides is 1. The van der Waals surface area contributed by atoms with E-state index in [2.05, 4.69) is 13.0 Å². The number of fused-ring (bicyclic) bond motifs is 1. The number of hydrogen-bond donors (Lipinski definition) is 0. The predicted molar refractivity (Wildman–Crippen MR) is 82.3 cm³/mol. The summed E-state index contributed by atoms with van der Waals surface area (Å²) in [6.07, 6.45) is 0.937. The van der Waals surface area contributed by atoms with E-state index in [4.69, 9.17) is 0 Å². The van der Waals surface area contributed by atoms with Crippen molar-refractivity contribution in [3.8, 4) is 0 Å². The largest absolute Gasteiger partial charge is 0.305 e. The molecular weight excluding hydrogens is 246 g/mol. The summed E-state index contributed by atoms with van der Waals surface area (Å²) in [5.41, 5.74) is 5.30. The highest BCUT2D eigenvalue weighted by atomic mass is 16.2. The fourth-order valence-electron chi connectivity index (χ4n) is 2.97. The SMILES string of the molecule is Cc1ccc(C)c(C(=O)N2c3ccccc3C[C@@H]2C)c1. The van der Waals surface area contributed by atoms with Crippen LogP contribution in [0.2, 0.25) is 0 Å². The molecule has 1 heterocycles. The first-order chi connectivity index (χ1) is 9.58. The Morgan fingerprint density at radius 3 is 2.70 bits per heavy atom. The van der Waals surface area contributed by atoms with Gasteiger partial charge in [-0.15, -0.1) is 0 Å². The Labute approximate surface area is 120 Å². The van der Waals surface area contributed by atoms with Gasteiger partial charge in [0, 0.05) is 17.3 Å². The van der Waals surface area contributed by atoms with E-state index in [9.17, 15) is 4.79 Å². The first-order valence-corrected chi connectivity index (χ1v) is 7.06. The summed E-state index contributed by atoms with van der Waals surface area (Å²) in [4.78, 5) is 14.9. The van der Waals surface area contributed by atoms with Gasteiger partial charge < -0.3 is 4.90 Å². The molecule has 0 N–H and O–H groups in total. The summed E-state index contributed by atoms with van der Waals surface area (Å²) in [6.45, 7) is 6.14. The second-order valence-electron chi connectivity index (χ2n) is 5.68. The fourth-order valence-corrected chi connectivity index (χ4v) is 2.97. The first kappa shape index (κ1) is 12.9. The van der Waals surface area contributed by atoms with Gasteiger partial charge in [0.25, 0.3) is 5.91 Å². The Balaban J connectivity index is 2.05. The van der Waals surface area contributed by atoms with Crippen LogP contribution in [-0.4, -0.2) is 11.9 Å². The third-order valence-electron chi connectivity index (χ3n) is 4.05. The van der Waals surface area contributed by atoms with Crippen LogP contribution in [0.1, 0.15) is 34.0 Å². The number of hydrogen-bond acceptors (Lipinski definition) is 1. The van der Waals surface area contributed by atoms with Crippen molar-refractivity contribution in [3.63, 3.8) is 0 Å². The number of carbonyl (C=O) groups is 1. The smallest absolute Gasteiger partial charge is 0.258 e. The quantitative estimate of drug-likeness (QED) is 0.766. The van der Waals surface area contributed by atoms with Gasteiger partial charge in [-0.3, -0.25) is 4.79 Å². The summed E-state index contributed by atoms with van der Waals surface area (Å²) in [5.74, 6) is 0.114. The van der Waals surface area contributed by atoms with Gasteiger partial charge in [0.1, 0.15) is 0 Å². The Morgan fingerprint density at radius 1 is 1.15 bits per heavy atom. The van der Waals surface area contributed by atoms with E-state index < -0.39 is 0 Å². The Bertz CT molecular complexity index is 675. The molecule has 0 saturated carbocycles. The summed E-state index contributed by atoms with van der Waals surface area (Å²) in [7, 11) is 0. The van der Waals surface area contributed by atoms with Gasteiger partial charge in [-0.1, -0.05) is 35.9 Å². The Hall–Kier alpha value is -2.09. The van der Waals surface area contributed by atoms with E-state index in [-0.39, 0.29) is 11.9 Å². The summed E-state index contributed by atoms with van der Waals surface area (Å²) < 4.78 is 0. The summed E-state index contributed by atoms with van der Waals surface area (Å²) >= 11 is 0. The maximum Gasteiger partial charge on any atom is 0.258 e. The van der Waals surface area contributed by atoms with Crippen molar-refractivity contribution >= 4 is 11.6 Å². The molecule has 2 aromatic rings. The molecule has 0 fully saturated rings. The van der Waals surface area contributed by atoms with E-state index in [1.54, 1.807) is 0 Å². The van der Waals surface area contributed by atoms with E-state index in [0.29, 0.717) is 0 Å². The van der Waals surface area contributed by atoms with E-state index >= 15 is 0 Å². The average molecular weight is 265 g/mol. The lowest BCUT2D eigenvalue weighted by molar-refractivity contribution is 0.0981. The van der Waals surface area contributed by atoms with Gasteiger partial charge in [-0.25, -0.2) is 0 Å². The number of aryl methyl sites for hydroxylation is 2. The maximum absolute atomic E-state index is 12.9. The number of anilines is 1. The molecular formula is C18H19NO. The van der Waals surface area contributed by atoms with Crippen molar-refractivity contribution in [3.05, 3.63) is 64.7 Å². The van der Waals surface area contributed by atoms with Crippen molar-refractivity contribution in [1.82, 2.24) is 0 Å². The standard InChI is InChI=1S/C18H19NO/c1-12-8-9-13(2)16(10-12)18(20)19-14(3)11-15-6-4-5-7-17(15)19/h4-10,14H,11H2,1-3H3/t14-/m0/s1. The van der Waals surface area contributed by atoms with Gasteiger partial charge >= 0.3 is 0 Å². The highest BCUT2D eigenvalue weighted by molar-refractivity contribution is 6.08. The van der Waals surface area contributed by atoms with Crippen molar-refractivity contribution in [2.24, 2.45) is 0 Å². The maximum atomic E-state index is 12.9. The zero-order valence-corrected chi connectivity index (χ0v) is 12.2. The molecule has 1 aliphatic rings. The van der Waals surface area contributed by atoms with Crippen molar-refractivity contribution < 1.29 is 4.79 Å². The van der Waals surface area contributed by atoms with E-state index in [1.165, 1.54) is 5.56 Å². The molecule has 2 aromatic carbocycles. The van der Waals surface area contributed by atoms with Crippen LogP contribution in [0.4, 0.5) is 5.69 Å². The molecule has 1 amide bonds. The highest BCUT2D eigenvalue weighted by Gasteiger charge is 2.31. The van der Waals surface area contributed by atoms with Crippen LogP contribution >= 0.6 is 0 Å². The van der Waals surface area contributed by atoms with Gasteiger partial charge in [0.15, 0.2) is 0 Å². The molecule has 0 saturated heterocycles. The number of rotatable bonds is 1. The zero-order chi connectivity index (χ0) is 14.3. The number of benzene rings is 2. The molecule has 0 radical (unpaired) electrons. The molecule has 0 unspecified atom stereocenters. The summed E-state index contributed by atoms with van der Waals surface area (Å²) in [5, 5.41) is 0. The molecule has 0 aliphatic carbocycles. The topological polar surface area (TPSA) is 20.3 Å². The van der Waals surface area contributed by atoms with Gasteiger partial charge in [0.2, 0.25) is 0 Å². The van der Waals surface area contributed by atoms with Crippen LogP contribution in [0.25, 0.3) is 0 Å². The van der Waals surface area contributed by atoms with Gasteiger partial charge in [-0.05, 0) is 50.5 Å². The minimum absolute atomic E-state index is 0.114. The Morgan fingerprint density at radius 2 is 1.90 bits per heavy atom. The molecule has 0 aromatic heterocycles. The molecule has 102 valence electrons. The second-order valence-corrected chi connectivity index (χ2v) is 5.68. The fraction of sp³-hybridized carbons (Fsp3) is 0.278. The molecule has 1 atom stereocenters. The summed E-state index contributed by atoms with van der Waals surface area (Å²) in [6, 6.07) is 14.5. The van der Waals surface area contributed by atoms with Crippen LogP contribution in [0, 0.1) is 13.8 Å². The normalized spacial score (nSPS) is 17.1. The minimum atomic E-state index is 0.114. The lowest BCUT2D eigenvalue weighted by Gasteiger charge is -2.23. The van der Waals surface area contributed by atoms with Gasteiger partial charge in [-0.2, -0.15) is 0 Å². The third kappa shape index (κ3) is 2.01. The molecule has 0 bridgehead atoms. The van der Waals surface area contributed by atoms with Crippen molar-refractivity contribution in [2.75, 3.05) is 4.90 Å². The van der Waals surface area contributed by atoms with Crippen molar-refractivity contribution in [1.29, 1.82) is 0 Å². The van der Waals surface area contributed by atoms with Crippen LogP contribution in [0.3, 0.4) is 0 Å². The average Bonchev–Trinajstić information content (AvgIpc) is 2.76. The molecule has 0 spiro atoms. The molecule has 2 nitrogen and oxygen atoms in total. The first-order valence-electron chi connectivity index (χ1n) is 7.06. The van der Waals surface area contributed by atoms with E-state index in [0.717, 1.165) is 28.8 Å². The number of carbonyl (C=O) groups excluding carboxylic acids is 1. The van der Waals surface area contributed by atoms with E-state index in [1.807, 2.05) is 55.1 Å². The second kappa shape index (κ2) is 4.78. The van der Waals surface area contributed by atoms with Crippen LogP contribution in [-0.2, 0) is 6.42 Å². The van der Waals surface area contributed by atoms with Gasteiger partial charge in [0.05, 0.1) is 0 Å². The molecule has 20 heavy (non-hydrogen) atoms. The number of para-hydroxylation sites is 1. The number of nitrogens with zero attached hydrogens (tertiary/aromatic N) is 1. The minimum Gasteiger partial charge on any atom is -0.305 e. The van der Waals surface area contributed by atoms with Crippen molar-refractivity contribution in [2.45, 2.75) is 33.2 Å².